The summed E-state index contributed by atoms with van der Waals surface area (Å²) in [4.78, 5) is 24.2. The number of nitrogens with one attached hydrogen (secondary N) is 2. The summed E-state index contributed by atoms with van der Waals surface area (Å²) in [5.74, 6) is -0.205. The highest BCUT2D eigenvalue weighted by atomic mass is 35.5. The summed E-state index contributed by atoms with van der Waals surface area (Å²) in [7, 11) is 0. The molecule has 0 bridgehead atoms. The van der Waals surface area contributed by atoms with Crippen molar-refractivity contribution in [1.29, 1.82) is 0 Å². The second-order valence-corrected chi connectivity index (χ2v) is 5.48. The first-order valence-electron chi connectivity index (χ1n) is 7.58. The largest absolute Gasteiger partial charge is 0.493 e. The first-order chi connectivity index (χ1) is 11.5. The smallest absolute Gasteiger partial charge is 0.255 e. The van der Waals surface area contributed by atoms with Gasteiger partial charge in [-0.05, 0) is 43.7 Å². The molecular formula is C18H19ClN2O3. The maximum absolute atomic E-state index is 12.2. The minimum Gasteiger partial charge on any atom is -0.493 e. The molecule has 2 amide bonds. The summed E-state index contributed by atoms with van der Waals surface area (Å²) in [6, 6.07) is 12.2. The summed E-state index contributed by atoms with van der Waals surface area (Å²) in [6.07, 6.45) is 0. The van der Waals surface area contributed by atoms with Crippen molar-refractivity contribution in [3.8, 4) is 5.75 Å². The number of anilines is 1. The molecule has 0 fully saturated rings. The van der Waals surface area contributed by atoms with Crippen LogP contribution < -0.4 is 15.4 Å². The highest BCUT2D eigenvalue weighted by Crippen LogP contribution is 2.22. The zero-order valence-electron chi connectivity index (χ0n) is 13.6. The number of hydrogen-bond donors (Lipinski definition) is 2. The van der Waals surface area contributed by atoms with Crippen LogP contribution in [-0.4, -0.2) is 25.0 Å². The molecule has 0 spiro atoms. The molecule has 0 aromatic heterocycles. The molecule has 24 heavy (non-hydrogen) atoms. The Bertz CT molecular complexity index is 747. The van der Waals surface area contributed by atoms with E-state index in [0.717, 1.165) is 5.56 Å². The number of amides is 2. The van der Waals surface area contributed by atoms with Gasteiger partial charge in [0.1, 0.15) is 5.75 Å². The van der Waals surface area contributed by atoms with Gasteiger partial charge in [0.05, 0.1) is 18.7 Å². The van der Waals surface area contributed by atoms with E-state index in [1.54, 1.807) is 42.5 Å². The lowest BCUT2D eigenvalue weighted by atomic mass is 10.2. The summed E-state index contributed by atoms with van der Waals surface area (Å²) in [5, 5.41) is 5.89. The molecule has 0 saturated heterocycles. The molecule has 2 rings (SSSR count). The Balaban J connectivity index is 1.97. The molecule has 2 aromatic rings. The first-order valence-corrected chi connectivity index (χ1v) is 7.95. The SMILES string of the molecule is CCOc1ccccc1C(=O)NCC(=O)Nc1cccc(Cl)c1C. The summed E-state index contributed by atoms with van der Waals surface area (Å²) < 4.78 is 5.41. The van der Waals surface area contributed by atoms with E-state index in [-0.39, 0.29) is 18.4 Å². The van der Waals surface area contributed by atoms with Crippen LogP contribution in [0.1, 0.15) is 22.8 Å². The number of ether oxygens (including phenoxy) is 1. The quantitative estimate of drug-likeness (QED) is 0.842. The van der Waals surface area contributed by atoms with E-state index in [4.69, 9.17) is 16.3 Å². The van der Waals surface area contributed by atoms with Crippen molar-refractivity contribution in [3.05, 3.63) is 58.6 Å². The van der Waals surface area contributed by atoms with Gasteiger partial charge in [0, 0.05) is 10.7 Å². The highest BCUT2D eigenvalue weighted by Gasteiger charge is 2.13. The zero-order chi connectivity index (χ0) is 17.5. The van der Waals surface area contributed by atoms with Crippen LogP contribution in [0.25, 0.3) is 0 Å². The second-order valence-electron chi connectivity index (χ2n) is 5.07. The van der Waals surface area contributed by atoms with Gasteiger partial charge in [0.15, 0.2) is 0 Å². The third-order valence-corrected chi connectivity index (χ3v) is 3.79. The van der Waals surface area contributed by atoms with Crippen LogP contribution in [-0.2, 0) is 4.79 Å². The van der Waals surface area contributed by atoms with Crippen LogP contribution in [0.2, 0.25) is 5.02 Å². The Hall–Kier alpha value is -2.53. The van der Waals surface area contributed by atoms with E-state index in [1.165, 1.54) is 0 Å². The van der Waals surface area contributed by atoms with Gasteiger partial charge in [0.25, 0.3) is 5.91 Å². The first kappa shape index (κ1) is 17.8. The number of rotatable bonds is 6. The predicted molar refractivity (Wildman–Crippen MR) is 94.8 cm³/mol. The predicted octanol–water partition coefficient (Wildman–Crippen LogP) is 3.42. The second kappa shape index (κ2) is 8.36. The maximum atomic E-state index is 12.2. The van der Waals surface area contributed by atoms with E-state index in [2.05, 4.69) is 10.6 Å². The molecule has 2 aromatic carbocycles. The molecule has 0 radical (unpaired) electrons. The van der Waals surface area contributed by atoms with E-state index in [9.17, 15) is 9.59 Å². The van der Waals surface area contributed by atoms with E-state index in [1.807, 2.05) is 13.8 Å². The fourth-order valence-electron chi connectivity index (χ4n) is 2.13. The van der Waals surface area contributed by atoms with Crippen LogP contribution in [0.15, 0.2) is 42.5 Å². The van der Waals surface area contributed by atoms with Gasteiger partial charge in [-0.25, -0.2) is 0 Å². The lowest BCUT2D eigenvalue weighted by Crippen LogP contribution is -2.33. The van der Waals surface area contributed by atoms with Gasteiger partial charge < -0.3 is 15.4 Å². The van der Waals surface area contributed by atoms with Crippen molar-refractivity contribution < 1.29 is 14.3 Å². The molecule has 6 heteroatoms. The van der Waals surface area contributed by atoms with Crippen LogP contribution in [0.5, 0.6) is 5.75 Å². The zero-order valence-corrected chi connectivity index (χ0v) is 14.3. The molecule has 2 N–H and O–H groups in total. The van der Waals surface area contributed by atoms with Crippen molar-refractivity contribution in [2.75, 3.05) is 18.5 Å². The summed E-state index contributed by atoms with van der Waals surface area (Å²) in [5.41, 5.74) is 1.79. The molecule has 0 heterocycles. The van der Waals surface area contributed by atoms with Gasteiger partial charge in [-0.15, -0.1) is 0 Å². The number of halogens is 1. The van der Waals surface area contributed by atoms with Crippen molar-refractivity contribution in [2.24, 2.45) is 0 Å². The van der Waals surface area contributed by atoms with Crippen molar-refractivity contribution in [1.82, 2.24) is 5.32 Å². The fraction of sp³-hybridized carbons (Fsp3) is 0.222. The average molecular weight is 347 g/mol. The third-order valence-electron chi connectivity index (χ3n) is 3.38. The molecule has 0 aliphatic rings. The van der Waals surface area contributed by atoms with Gasteiger partial charge in [0.2, 0.25) is 5.91 Å². The molecule has 0 aliphatic heterocycles. The maximum Gasteiger partial charge on any atom is 0.255 e. The molecular weight excluding hydrogens is 328 g/mol. The Morgan fingerprint density at radius 1 is 1.12 bits per heavy atom. The third kappa shape index (κ3) is 4.49. The molecule has 126 valence electrons. The molecule has 0 atom stereocenters. The number of benzene rings is 2. The highest BCUT2D eigenvalue weighted by molar-refractivity contribution is 6.31. The minimum absolute atomic E-state index is 0.148. The summed E-state index contributed by atoms with van der Waals surface area (Å²) in [6.45, 7) is 3.97. The number of hydrogen-bond acceptors (Lipinski definition) is 3. The molecule has 0 unspecified atom stereocenters. The standard InChI is InChI=1S/C18H19ClN2O3/c1-3-24-16-10-5-4-7-13(16)18(23)20-11-17(22)21-15-9-6-8-14(19)12(15)2/h4-10H,3,11H2,1-2H3,(H,20,23)(H,21,22). The van der Waals surface area contributed by atoms with Crippen molar-refractivity contribution in [2.45, 2.75) is 13.8 Å². The normalized spacial score (nSPS) is 10.1. The van der Waals surface area contributed by atoms with Crippen LogP contribution in [0, 0.1) is 6.92 Å². The Labute approximate surface area is 146 Å². The monoisotopic (exact) mass is 346 g/mol. The van der Waals surface area contributed by atoms with Crippen LogP contribution in [0.4, 0.5) is 5.69 Å². The van der Waals surface area contributed by atoms with E-state index in [0.29, 0.717) is 28.6 Å². The average Bonchev–Trinajstić information content (AvgIpc) is 2.58. The van der Waals surface area contributed by atoms with Gasteiger partial charge in [-0.1, -0.05) is 29.8 Å². The van der Waals surface area contributed by atoms with Gasteiger partial charge in [-0.2, -0.15) is 0 Å². The van der Waals surface area contributed by atoms with E-state index < -0.39 is 0 Å². The summed E-state index contributed by atoms with van der Waals surface area (Å²) >= 11 is 6.02. The van der Waals surface area contributed by atoms with Gasteiger partial charge in [-0.3, -0.25) is 9.59 Å². The molecule has 0 aliphatic carbocycles. The number of carbonyl (C=O) groups excluding carboxylic acids is 2. The molecule has 0 saturated carbocycles. The Morgan fingerprint density at radius 3 is 2.62 bits per heavy atom. The topological polar surface area (TPSA) is 67.4 Å². The van der Waals surface area contributed by atoms with Crippen molar-refractivity contribution >= 4 is 29.1 Å². The van der Waals surface area contributed by atoms with Crippen LogP contribution in [0.3, 0.4) is 0 Å². The number of para-hydroxylation sites is 1. The lowest BCUT2D eigenvalue weighted by molar-refractivity contribution is -0.115. The molecule has 5 nitrogen and oxygen atoms in total. The van der Waals surface area contributed by atoms with Crippen molar-refractivity contribution in [3.63, 3.8) is 0 Å². The Morgan fingerprint density at radius 2 is 1.88 bits per heavy atom. The van der Waals surface area contributed by atoms with E-state index >= 15 is 0 Å². The number of carbonyl (C=O) groups is 2. The fourth-order valence-corrected chi connectivity index (χ4v) is 2.30. The lowest BCUT2D eigenvalue weighted by Gasteiger charge is -2.12. The Kier molecular flexibility index (Phi) is 6.21. The minimum atomic E-state index is -0.364. The van der Waals surface area contributed by atoms with Gasteiger partial charge >= 0.3 is 0 Å². The van der Waals surface area contributed by atoms with Crippen LogP contribution >= 0.6 is 11.6 Å².